The molecule has 2 aromatic carbocycles. The highest BCUT2D eigenvalue weighted by atomic mass is 32.2. The van der Waals surface area contributed by atoms with Gasteiger partial charge in [-0.3, -0.25) is 0 Å². The molecule has 1 aliphatic heterocycles. The van der Waals surface area contributed by atoms with Crippen molar-refractivity contribution in [1.82, 2.24) is 5.32 Å². The minimum atomic E-state index is -0.152. The first kappa shape index (κ1) is 13.7. The first-order valence-corrected chi connectivity index (χ1v) is 7.74. The van der Waals surface area contributed by atoms with E-state index >= 15 is 0 Å². The third-order valence-corrected chi connectivity index (χ3v) is 5.17. The third-order valence-electron chi connectivity index (χ3n) is 3.78. The van der Waals surface area contributed by atoms with Crippen LogP contribution >= 0.6 is 11.8 Å². The van der Waals surface area contributed by atoms with Crippen LogP contribution in [0.5, 0.6) is 0 Å². The van der Waals surface area contributed by atoms with E-state index in [1.165, 1.54) is 10.5 Å². The smallest absolute Gasteiger partial charge is 0.123 e. The van der Waals surface area contributed by atoms with Crippen molar-refractivity contribution in [1.29, 1.82) is 0 Å². The largest absolute Gasteiger partial charge is 0.312 e. The molecule has 1 N–H and O–H groups in total. The first-order valence-electron chi connectivity index (χ1n) is 6.86. The van der Waals surface area contributed by atoms with Crippen molar-refractivity contribution in [2.75, 3.05) is 7.05 Å². The summed E-state index contributed by atoms with van der Waals surface area (Å²) in [5.41, 5.74) is 3.41. The van der Waals surface area contributed by atoms with E-state index in [1.807, 2.05) is 25.7 Å². The van der Waals surface area contributed by atoms with Crippen LogP contribution in [0.25, 0.3) is 0 Å². The molecule has 20 heavy (non-hydrogen) atoms. The van der Waals surface area contributed by atoms with Crippen LogP contribution in [0.2, 0.25) is 0 Å². The second kappa shape index (κ2) is 5.58. The Balaban J connectivity index is 1.88. The summed E-state index contributed by atoms with van der Waals surface area (Å²) < 4.78 is 13.6. The maximum atomic E-state index is 13.6. The normalized spacial score (nSPS) is 18.9. The van der Waals surface area contributed by atoms with Gasteiger partial charge in [-0.25, -0.2) is 4.39 Å². The number of halogens is 1. The highest BCUT2D eigenvalue weighted by molar-refractivity contribution is 8.00. The summed E-state index contributed by atoms with van der Waals surface area (Å²) in [6, 6.07) is 14.0. The molecule has 2 atom stereocenters. The van der Waals surface area contributed by atoms with E-state index in [0.717, 1.165) is 17.5 Å². The fraction of sp³-hybridized carbons (Fsp3) is 0.294. The molecule has 0 spiro atoms. The van der Waals surface area contributed by atoms with Gasteiger partial charge >= 0.3 is 0 Å². The molecule has 0 saturated heterocycles. The van der Waals surface area contributed by atoms with Gasteiger partial charge in [-0.15, -0.1) is 11.8 Å². The van der Waals surface area contributed by atoms with Gasteiger partial charge in [0.25, 0.3) is 0 Å². The Kier molecular flexibility index (Phi) is 3.81. The summed E-state index contributed by atoms with van der Waals surface area (Å²) in [5, 5.41) is 3.78. The second-order valence-corrected chi connectivity index (χ2v) is 6.58. The minimum Gasteiger partial charge on any atom is -0.312 e. The summed E-state index contributed by atoms with van der Waals surface area (Å²) in [4.78, 5) is 1.35. The van der Waals surface area contributed by atoms with Crippen LogP contribution in [0.4, 0.5) is 4.39 Å². The van der Waals surface area contributed by atoms with Crippen molar-refractivity contribution in [3.05, 3.63) is 65.0 Å². The monoisotopic (exact) mass is 287 g/mol. The molecule has 1 aliphatic rings. The SMILES string of the molecule is CNC(c1cc(C)cc(F)c1)C1Cc2ccccc2S1. The number of benzene rings is 2. The molecule has 1 nitrogen and oxygen atoms in total. The van der Waals surface area contributed by atoms with Gasteiger partial charge in [0.05, 0.1) is 0 Å². The van der Waals surface area contributed by atoms with Gasteiger partial charge in [-0.05, 0) is 55.3 Å². The number of fused-ring (bicyclic) bond motifs is 1. The summed E-state index contributed by atoms with van der Waals surface area (Å²) >= 11 is 1.89. The quantitative estimate of drug-likeness (QED) is 0.911. The molecule has 2 aromatic rings. The Morgan fingerprint density at radius 2 is 2.05 bits per heavy atom. The highest BCUT2D eigenvalue weighted by Gasteiger charge is 2.29. The van der Waals surface area contributed by atoms with Gasteiger partial charge in [0.1, 0.15) is 5.82 Å². The van der Waals surface area contributed by atoms with Crippen LogP contribution in [0.3, 0.4) is 0 Å². The average Bonchev–Trinajstić information content (AvgIpc) is 2.81. The van der Waals surface area contributed by atoms with E-state index in [2.05, 4.69) is 35.6 Å². The number of hydrogen-bond donors (Lipinski definition) is 1. The summed E-state index contributed by atoms with van der Waals surface area (Å²) in [7, 11) is 1.95. The van der Waals surface area contributed by atoms with Gasteiger partial charge < -0.3 is 5.32 Å². The lowest BCUT2D eigenvalue weighted by Gasteiger charge is -2.23. The lowest BCUT2D eigenvalue weighted by molar-refractivity contribution is 0.558. The van der Waals surface area contributed by atoms with Crippen LogP contribution in [0, 0.1) is 12.7 Å². The first-order chi connectivity index (χ1) is 9.67. The van der Waals surface area contributed by atoms with Crippen LogP contribution < -0.4 is 5.32 Å². The van der Waals surface area contributed by atoms with Crippen molar-refractivity contribution in [3.8, 4) is 0 Å². The summed E-state index contributed by atoms with van der Waals surface area (Å²) in [6.07, 6.45) is 1.03. The molecule has 2 unspecified atom stereocenters. The van der Waals surface area contributed by atoms with Crippen molar-refractivity contribution in [2.45, 2.75) is 29.5 Å². The van der Waals surface area contributed by atoms with Gasteiger partial charge in [0, 0.05) is 16.2 Å². The van der Waals surface area contributed by atoms with Crippen LogP contribution in [-0.4, -0.2) is 12.3 Å². The topological polar surface area (TPSA) is 12.0 Å². The van der Waals surface area contributed by atoms with Gasteiger partial charge in [0.2, 0.25) is 0 Å². The number of nitrogens with one attached hydrogen (secondary N) is 1. The molecular formula is C17H18FNS. The zero-order chi connectivity index (χ0) is 14.1. The molecule has 1 heterocycles. The van der Waals surface area contributed by atoms with E-state index in [9.17, 15) is 4.39 Å². The Morgan fingerprint density at radius 1 is 1.25 bits per heavy atom. The van der Waals surface area contributed by atoms with Crippen molar-refractivity contribution >= 4 is 11.8 Å². The van der Waals surface area contributed by atoms with Crippen molar-refractivity contribution in [3.63, 3.8) is 0 Å². The molecule has 3 heteroatoms. The molecule has 0 radical (unpaired) electrons. The molecule has 104 valence electrons. The molecule has 0 fully saturated rings. The number of hydrogen-bond acceptors (Lipinski definition) is 2. The predicted octanol–water partition coefficient (Wildman–Crippen LogP) is 4.11. The lowest BCUT2D eigenvalue weighted by Crippen LogP contribution is -2.27. The van der Waals surface area contributed by atoms with Crippen LogP contribution in [0.15, 0.2) is 47.4 Å². The Morgan fingerprint density at radius 3 is 2.75 bits per heavy atom. The second-order valence-electron chi connectivity index (χ2n) is 5.30. The van der Waals surface area contributed by atoms with E-state index in [0.29, 0.717) is 5.25 Å². The fourth-order valence-electron chi connectivity index (χ4n) is 2.91. The molecule has 0 aromatic heterocycles. The molecule has 3 rings (SSSR count). The predicted molar refractivity (Wildman–Crippen MR) is 82.7 cm³/mol. The number of aryl methyl sites for hydroxylation is 1. The highest BCUT2D eigenvalue weighted by Crippen LogP contribution is 2.42. The lowest BCUT2D eigenvalue weighted by atomic mass is 9.97. The maximum Gasteiger partial charge on any atom is 0.123 e. The van der Waals surface area contributed by atoms with Crippen molar-refractivity contribution < 1.29 is 4.39 Å². The Hall–Kier alpha value is -1.32. The van der Waals surface area contributed by atoms with E-state index < -0.39 is 0 Å². The summed E-state index contributed by atoms with van der Waals surface area (Å²) in [6.45, 7) is 1.94. The van der Waals surface area contributed by atoms with Gasteiger partial charge in [0.15, 0.2) is 0 Å². The Labute approximate surface area is 123 Å². The van der Waals surface area contributed by atoms with E-state index in [1.54, 1.807) is 12.1 Å². The number of thioether (sulfide) groups is 1. The number of rotatable bonds is 3. The zero-order valence-electron chi connectivity index (χ0n) is 11.7. The molecule has 0 amide bonds. The van der Waals surface area contributed by atoms with Crippen molar-refractivity contribution in [2.24, 2.45) is 0 Å². The minimum absolute atomic E-state index is 0.152. The molecular weight excluding hydrogens is 269 g/mol. The third kappa shape index (κ3) is 2.60. The van der Waals surface area contributed by atoms with Gasteiger partial charge in [-0.2, -0.15) is 0 Å². The zero-order valence-corrected chi connectivity index (χ0v) is 12.5. The maximum absolute atomic E-state index is 13.6. The van der Waals surface area contributed by atoms with Crippen LogP contribution in [0.1, 0.15) is 22.7 Å². The fourth-order valence-corrected chi connectivity index (χ4v) is 4.38. The van der Waals surface area contributed by atoms with E-state index in [4.69, 9.17) is 0 Å². The standard InChI is InChI=1S/C17H18FNS/c1-11-7-13(9-14(18)8-11)17(19-2)16-10-12-5-3-4-6-15(12)20-16/h3-9,16-17,19H,10H2,1-2H3. The molecule has 0 bridgehead atoms. The average molecular weight is 287 g/mol. The Bertz CT molecular complexity index is 581. The van der Waals surface area contributed by atoms with Gasteiger partial charge in [-0.1, -0.05) is 24.3 Å². The molecule has 0 aliphatic carbocycles. The molecule has 0 saturated carbocycles. The van der Waals surface area contributed by atoms with Crippen LogP contribution in [-0.2, 0) is 6.42 Å². The van der Waals surface area contributed by atoms with E-state index in [-0.39, 0.29) is 11.9 Å². The summed E-state index contributed by atoms with van der Waals surface area (Å²) in [5.74, 6) is -0.152.